The summed E-state index contributed by atoms with van der Waals surface area (Å²) in [6, 6.07) is 8.08. The van der Waals surface area contributed by atoms with Crippen LogP contribution in [0.25, 0.3) is 0 Å². The molecule has 0 amide bonds. The maximum Gasteiger partial charge on any atom is 0.336 e. The first-order valence-corrected chi connectivity index (χ1v) is 10.9. The number of hydrogen-bond donors (Lipinski definition) is 2. The van der Waals surface area contributed by atoms with E-state index in [1.165, 1.54) is 13.0 Å². The Hall–Kier alpha value is -0.710. The third-order valence-electron chi connectivity index (χ3n) is 4.09. The molecule has 0 radical (unpaired) electrons. The van der Waals surface area contributed by atoms with Gasteiger partial charge in [-0.3, -0.25) is 4.18 Å². The van der Waals surface area contributed by atoms with Crippen LogP contribution in [0.1, 0.15) is 24.1 Å². The second-order valence-corrected chi connectivity index (χ2v) is 10.6. The molecule has 12 heteroatoms. The van der Waals surface area contributed by atoms with Gasteiger partial charge in [0.05, 0.1) is 11.6 Å². The van der Waals surface area contributed by atoms with Crippen molar-refractivity contribution in [1.29, 1.82) is 0 Å². The zero-order valence-corrected chi connectivity index (χ0v) is 18.6. The molecule has 3 N–H and O–H groups in total. The zero-order valence-electron chi connectivity index (χ0n) is 14.8. The van der Waals surface area contributed by atoms with Crippen LogP contribution < -0.4 is 10.5 Å². The van der Waals surface area contributed by atoms with E-state index in [9.17, 15) is 17.2 Å². The van der Waals surface area contributed by atoms with Crippen molar-refractivity contribution < 1.29 is 21.4 Å². The van der Waals surface area contributed by atoms with Gasteiger partial charge in [-0.05, 0) is 42.3 Å². The first-order chi connectivity index (χ1) is 13.2. The lowest BCUT2D eigenvalue weighted by Gasteiger charge is -2.36. The standard InChI is InChI=1S/C17H16Cl4F2N2O3S/c1-16(11-4-7-13(22)14(23)8-11,15(24)10-2-5-12(18)6-3-10)25-29(26,27)28-9-17(19,20)21/h2-8,15,25H,9,24H2,1H3/t15-,16+/m1/s1. The number of hydrogen-bond acceptors (Lipinski definition) is 4. The van der Waals surface area contributed by atoms with Crippen LogP contribution in [-0.2, 0) is 20.0 Å². The highest BCUT2D eigenvalue weighted by Gasteiger charge is 2.40. The van der Waals surface area contributed by atoms with Gasteiger partial charge in [0.1, 0.15) is 6.61 Å². The first-order valence-electron chi connectivity index (χ1n) is 7.95. The summed E-state index contributed by atoms with van der Waals surface area (Å²) in [6.45, 7) is 0.603. The van der Waals surface area contributed by atoms with Crippen LogP contribution in [0, 0.1) is 11.6 Å². The van der Waals surface area contributed by atoms with Gasteiger partial charge in [-0.25, -0.2) is 8.78 Å². The summed E-state index contributed by atoms with van der Waals surface area (Å²) in [7, 11) is -4.53. The summed E-state index contributed by atoms with van der Waals surface area (Å²) in [4.78, 5) is 0. The van der Waals surface area contributed by atoms with Crippen LogP contribution in [0.3, 0.4) is 0 Å². The molecular formula is C17H16Cl4F2N2O3S. The molecule has 0 aliphatic rings. The van der Waals surface area contributed by atoms with E-state index in [-0.39, 0.29) is 5.56 Å². The van der Waals surface area contributed by atoms with Crippen LogP contribution in [0.4, 0.5) is 8.78 Å². The molecule has 0 fully saturated rings. The van der Waals surface area contributed by atoms with Crippen molar-refractivity contribution in [3.05, 3.63) is 70.2 Å². The number of benzene rings is 2. The Morgan fingerprint density at radius 3 is 2.21 bits per heavy atom. The highest BCUT2D eigenvalue weighted by Crippen LogP contribution is 2.36. The van der Waals surface area contributed by atoms with Crippen LogP contribution in [0.15, 0.2) is 42.5 Å². The molecule has 160 valence electrons. The molecular weight excluding hydrogens is 492 g/mol. The van der Waals surface area contributed by atoms with Gasteiger partial charge in [0, 0.05) is 5.02 Å². The van der Waals surface area contributed by atoms with E-state index in [4.69, 9.17) is 56.3 Å². The van der Waals surface area contributed by atoms with E-state index >= 15 is 0 Å². The lowest BCUT2D eigenvalue weighted by Crippen LogP contribution is -2.51. The molecule has 2 rings (SSSR count). The van der Waals surface area contributed by atoms with Gasteiger partial charge in [-0.2, -0.15) is 13.1 Å². The smallest absolute Gasteiger partial charge is 0.322 e. The van der Waals surface area contributed by atoms with Gasteiger partial charge in [0.25, 0.3) is 0 Å². The normalized spacial score (nSPS) is 15.7. The molecule has 0 aromatic heterocycles. The average Bonchev–Trinajstić information content (AvgIpc) is 2.61. The molecule has 0 saturated carbocycles. The fourth-order valence-corrected chi connectivity index (χ4v) is 4.20. The minimum atomic E-state index is -4.53. The lowest BCUT2D eigenvalue weighted by molar-refractivity contribution is 0.282. The molecule has 5 nitrogen and oxygen atoms in total. The number of nitrogens with one attached hydrogen (secondary N) is 1. The summed E-state index contributed by atoms with van der Waals surface area (Å²) in [6.07, 6.45) is 0. The Kier molecular flexibility index (Phi) is 7.79. The quantitative estimate of drug-likeness (QED) is 0.529. The molecule has 0 aliphatic heterocycles. The average molecular weight is 508 g/mol. The van der Waals surface area contributed by atoms with Crippen molar-refractivity contribution in [2.24, 2.45) is 5.73 Å². The number of nitrogens with two attached hydrogens (primary N) is 1. The van der Waals surface area contributed by atoms with Crippen molar-refractivity contribution in [2.75, 3.05) is 6.61 Å². The summed E-state index contributed by atoms with van der Waals surface area (Å²) in [5.74, 6) is -2.29. The van der Waals surface area contributed by atoms with Crippen LogP contribution in [-0.4, -0.2) is 18.8 Å². The fraction of sp³-hybridized carbons (Fsp3) is 0.294. The largest absolute Gasteiger partial charge is 0.336 e. The molecule has 0 unspecified atom stereocenters. The SMILES string of the molecule is C[C@](NS(=O)(=O)OCC(Cl)(Cl)Cl)(c1ccc(F)c(F)c1)[C@H](N)c1ccc(Cl)cc1. The Morgan fingerprint density at radius 1 is 1.10 bits per heavy atom. The third-order valence-corrected chi connectivity index (χ3v) is 5.77. The van der Waals surface area contributed by atoms with Crippen molar-refractivity contribution in [2.45, 2.75) is 22.3 Å². The van der Waals surface area contributed by atoms with Gasteiger partial charge in [0.2, 0.25) is 3.79 Å². The number of rotatable bonds is 7. The fourth-order valence-electron chi connectivity index (χ4n) is 2.56. The van der Waals surface area contributed by atoms with Crippen molar-refractivity contribution in [1.82, 2.24) is 4.72 Å². The van der Waals surface area contributed by atoms with Crippen molar-refractivity contribution in [3.63, 3.8) is 0 Å². The van der Waals surface area contributed by atoms with Gasteiger partial charge < -0.3 is 5.73 Å². The van der Waals surface area contributed by atoms with Crippen molar-refractivity contribution >= 4 is 56.7 Å². The predicted octanol–water partition coefficient (Wildman–Crippen LogP) is 4.75. The van der Waals surface area contributed by atoms with E-state index in [1.807, 2.05) is 0 Å². The molecule has 0 bridgehead atoms. The van der Waals surface area contributed by atoms with E-state index < -0.39 is 43.9 Å². The van der Waals surface area contributed by atoms with Crippen LogP contribution in [0.2, 0.25) is 5.02 Å². The van der Waals surface area contributed by atoms with Gasteiger partial charge in [0.15, 0.2) is 11.6 Å². The first kappa shape index (κ1) is 24.6. The zero-order chi connectivity index (χ0) is 22.0. The molecule has 0 heterocycles. The van der Waals surface area contributed by atoms with E-state index in [2.05, 4.69) is 4.72 Å². The second-order valence-electron chi connectivity index (χ2n) is 6.29. The molecule has 0 aliphatic carbocycles. The summed E-state index contributed by atoms with van der Waals surface area (Å²) < 4.78 is 57.1. The van der Waals surface area contributed by atoms with Gasteiger partial charge in [-0.15, -0.1) is 0 Å². The monoisotopic (exact) mass is 506 g/mol. The highest BCUT2D eigenvalue weighted by atomic mass is 35.6. The van der Waals surface area contributed by atoms with Gasteiger partial charge in [-0.1, -0.05) is 64.6 Å². The predicted molar refractivity (Wildman–Crippen MR) is 110 cm³/mol. The molecule has 0 saturated heterocycles. The van der Waals surface area contributed by atoms with Crippen molar-refractivity contribution in [3.8, 4) is 0 Å². The molecule has 2 aromatic carbocycles. The lowest BCUT2D eigenvalue weighted by atomic mass is 9.82. The Balaban J connectivity index is 2.49. The molecule has 2 atom stereocenters. The second kappa shape index (κ2) is 9.20. The number of alkyl halides is 3. The molecule has 0 spiro atoms. The van der Waals surface area contributed by atoms with E-state index in [0.717, 1.165) is 12.1 Å². The minimum absolute atomic E-state index is 0.0416. The van der Waals surface area contributed by atoms with E-state index in [0.29, 0.717) is 10.6 Å². The third kappa shape index (κ3) is 6.63. The molecule has 29 heavy (non-hydrogen) atoms. The summed E-state index contributed by atoms with van der Waals surface area (Å²) in [5, 5.41) is 0.432. The summed E-state index contributed by atoms with van der Waals surface area (Å²) in [5.41, 5.74) is 5.15. The Bertz CT molecular complexity index is 972. The van der Waals surface area contributed by atoms with Gasteiger partial charge >= 0.3 is 10.3 Å². The van der Waals surface area contributed by atoms with Crippen LogP contribution in [0.5, 0.6) is 0 Å². The highest BCUT2D eigenvalue weighted by molar-refractivity contribution is 7.84. The Labute approximate surface area is 187 Å². The Morgan fingerprint density at radius 2 is 1.69 bits per heavy atom. The molecule has 2 aromatic rings. The maximum absolute atomic E-state index is 13.9. The number of halogens is 6. The minimum Gasteiger partial charge on any atom is -0.322 e. The maximum atomic E-state index is 13.9. The topological polar surface area (TPSA) is 81.4 Å². The van der Waals surface area contributed by atoms with Crippen LogP contribution >= 0.6 is 46.4 Å². The van der Waals surface area contributed by atoms with E-state index in [1.54, 1.807) is 24.3 Å². The summed E-state index contributed by atoms with van der Waals surface area (Å²) >= 11 is 22.4.